The van der Waals surface area contributed by atoms with E-state index in [0.29, 0.717) is 0 Å². The van der Waals surface area contributed by atoms with Gasteiger partial charge in [-0.2, -0.15) is 0 Å². The van der Waals surface area contributed by atoms with Crippen molar-refractivity contribution in [2.75, 3.05) is 6.54 Å². The van der Waals surface area contributed by atoms with Crippen molar-refractivity contribution in [2.45, 2.75) is 32.2 Å². The number of ketones is 1. The molecule has 1 N–H and O–H groups in total. The minimum absolute atomic E-state index is 0.180. The summed E-state index contributed by atoms with van der Waals surface area (Å²) in [4.78, 5) is 12.3. The van der Waals surface area contributed by atoms with Crippen LogP contribution >= 0.6 is 0 Å². The third-order valence-electron chi connectivity index (χ3n) is 3.46. The van der Waals surface area contributed by atoms with Gasteiger partial charge in [-0.3, -0.25) is 4.79 Å². The van der Waals surface area contributed by atoms with Crippen LogP contribution in [0.3, 0.4) is 0 Å². The molecular weight excluding hydrogens is 210 g/mol. The van der Waals surface area contributed by atoms with Crippen LogP contribution in [-0.4, -0.2) is 12.3 Å². The van der Waals surface area contributed by atoms with Crippen LogP contribution in [0, 0.1) is 6.92 Å². The number of nitrogens with one attached hydrogen (secondary N) is 1. The second-order valence-corrected chi connectivity index (χ2v) is 4.56. The number of rotatable bonds is 3. The number of allylic oxidation sites excluding steroid dienone is 1. The molecule has 17 heavy (non-hydrogen) atoms. The maximum atomic E-state index is 12.3. The number of carbonyl (C=O) groups excluding carboxylic acids is 1. The first-order valence-corrected chi connectivity index (χ1v) is 6.23. The van der Waals surface area contributed by atoms with Gasteiger partial charge in [-0.1, -0.05) is 37.3 Å². The molecule has 0 saturated carbocycles. The normalized spacial score (nSPS) is 24.0. The molecule has 90 valence electrons. The average molecular weight is 229 g/mol. The number of hydrogen-bond acceptors (Lipinski definition) is 2. The lowest BCUT2D eigenvalue weighted by atomic mass is 9.77. The summed E-state index contributed by atoms with van der Waals surface area (Å²) in [5.74, 6) is 0.180. The maximum absolute atomic E-state index is 12.3. The quantitative estimate of drug-likeness (QED) is 0.863. The second kappa shape index (κ2) is 4.84. The summed E-state index contributed by atoms with van der Waals surface area (Å²) in [5, 5.41) is 3.40. The molecule has 0 amide bonds. The van der Waals surface area contributed by atoms with Crippen LogP contribution in [0.4, 0.5) is 0 Å². The summed E-state index contributed by atoms with van der Waals surface area (Å²) < 4.78 is 0. The first-order valence-electron chi connectivity index (χ1n) is 6.23. The highest BCUT2D eigenvalue weighted by atomic mass is 16.1. The highest BCUT2D eigenvalue weighted by molar-refractivity contribution is 5.99. The van der Waals surface area contributed by atoms with Gasteiger partial charge >= 0.3 is 0 Å². The Kier molecular flexibility index (Phi) is 3.43. The number of carbonyl (C=O) groups is 1. The molecule has 0 unspecified atom stereocenters. The SMILES string of the molecule is CCN[C@]1(c2ccccc2C)CCC=CC1=O. The molecule has 1 atom stereocenters. The molecule has 0 heterocycles. The van der Waals surface area contributed by atoms with Crippen molar-refractivity contribution in [3.8, 4) is 0 Å². The Morgan fingerprint density at radius 2 is 2.12 bits per heavy atom. The summed E-state index contributed by atoms with van der Waals surface area (Å²) in [6, 6.07) is 8.16. The molecule has 1 aliphatic rings. The first kappa shape index (κ1) is 12.1. The van der Waals surface area contributed by atoms with Crippen molar-refractivity contribution in [3.63, 3.8) is 0 Å². The van der Waals surface area contributed by atoms with Crippen LogP contribution in [0.2, 0.25) is 0 Å². The van der Waals surface area contributed by atoms with Crippen LogP contribution in [0.15, 0.2) is 36.4 Å². The van der Waals surface area contributed by atoms with E-state index in [1.807, 2.05) is 25.1 Å². The lowest BCUT2D eigenvalue weighted by Crippen LogP contribution is -2.50. The molecule has 0 radical (unpaired) electrons. The van der Waals surface area contributed by atoms with Gasteiger partial charge in [0.1, 0.15) is 5.54 Å². The van der Waals surface area contributed by atoms with Crippen molar-refractivity contribution in [1.29, 1.82) is 0 Å². The van der Waals surface area contributed by atoms with Crippen LogP contribution in [0.5, 0.6) is 0 Å². The summed E-state index contributed by atoms with van der Waals surface area (Å²) in [6.45, 7) is 4.92. The Balaban J connectivity index is 2.52. The third kappa shape index (κ3) is 2.05. The highest BCUT2D eigenvalue weighted by Gasteiger charge is 2.39. The van der Waals surface area contributed by atoms with Crippen LogP contribution in [0.1, 0.15) is 30.9 Å². The molecule has 0 bridgehead atoms. The highest BCUT2D eigenvalue weighted by Crippen LogP contribution is 2.33. The van der Waals surface area contributed by atoms with Crippen molar-refractivity contribution < 1.29 is 4.79 Å². The molecule has 2 rings (SSSR count). The number of hydrogen-bond donors (Lipinski definition) is 1. The third-order valence-corrected chi connectivity index (χ3v) is 3.46. The van der Waals surface area contributed by atoms with E-state index in [9.17, 15) is 4.79 Å². The second-order valence-electron chi connectivity index (χ2n) is 4.56. The van der Waals surface area contributed by atoms with E-state index in [1.54, 1.807) is 6.08 Å². The van der Waals surface area contributed by atoms with E-state index in [-0.39, 0.29) is 5.78 Å². The standard InChI is InChI=1S/C15H19NO/c1-3-16-15(11-7-6-10-14(15)17)13-9-5-4-8-12(13)2/h4-6,8-10,16H,3,7,11H2,1-2H3/t15-/m0/s1. The van der Waals surface area contributed by atoms with Crippen molar-refractivity contribution in [3.05, 3.63) is 47.5 Å². The Morgan fingerprint density at radius 1 is 1.35 bits per heavy atom. The predicted octanol–water partition coefficient (Wildman–Crippen LogP) is 2.72. The number of likely N-dealkylation sites (N-methyl/N-ethyl adjacent to an activating group) is 1. The Morgan fingerprint density at radius 3 is 2.76 bits per heavy atom. The number of benzene rings is 1. The van der Waals surface area contributed by atoms with Crippen LogP contribution in [-0.2, 0) is 10.3 Å². The van der Waals surface area contributed by atoms with Gasteiger partial charge < -0.3 is 5.32 Å². The van der Waals surface area contributed by atoms with Crippen molar-refractivity contribution >= 4 is 5.78 Å². The molecule has 1 aromatic rings. The smallest absolute Gasteiger partial charge is 0.179 e. The van der Waals surface area contributed by atoms with Gasteiger partial charge in [0.2, 0.25) is 0 Å². The van der Waals surface area contributed by atoms with Gasteiger partial charge in [-0.15, -0.1) is 0 Å². The van der Waals surface area contributed by atoms with Gasteiger partial charge in [0.25, 0.3) is 0 Å². The minimum Gasteiger partial charge on any atom is -0.301 e. The lowest BCUT2D eigenvalue weighted by molar-refractivity contribution is -0.121. The van der Waals surface area contributed by atoms with Crippen molar-refractivity contribution in [1.82, 2.24) is 5.32 Å². The lowest BCUT2D eigenvalue weighted by Gasteiger charge is -2.35. The zero-order valence-electron chi connectivity index (χ0n) is 10.5. The fourth-order valence-corrected chi connectivity index (χ4v) is 2.65. The van der Waals surface area contributed by atoms with Crippen molar-refractivity contribution in [2.24, 2.45) is 0 Å². The molecule has 2 heteroatoms. The van der Waals surface area contributed by atoms with Crippen LogP contribution in [0.25, 0.3) is 0 Å². The van der Waals surface area contributed by atoms with Crippen LogP contribution < -0.4 is 5.32 Å². The van der Waals surface area contributed by atoms with Gasteiger partial charge in [0, 0.05) is 0 Å². The first-order chi connectivity index (χ1) is 8.20. The van der Waals surface area contributed by atoms with E-state index in [0.717, 1.165) is 24.9 Å². The van der Waals surface area contributed by atoms with Gasteiger partial charge in [0.05, 0.1) is 0 Å². The largest absolute Gasteiger partial charge is 0.301 e. The molecule has 0 saturated heterocycles. The molecule has 0 spiro atoms. The Bertz CT molecular complexity index is 450. The molecule has 1 aliphatic carbocycles. The number of aryl methyl sites for hydroxylation is 1. The summed E-state index contributed by atoms with van der Waals surface area (Å²) in [6.07, 6.45) is 5.49. The van der Waals surface area contributed by atoms with Gasteiger partial charge in [-0.05, 0) is 43.5 Å². The van der Waals surface area contributed by atoms with E-state index < -0.39 is 5.54 Å². The fraction of sp³-hybridized carbons (Fsp3) is 0.400. The monoisotopic (exact) mass is 229 g/mol. The zero-order chi connectivity index (χ0) is 12.3. The van der Waals surface area contributed by atoms with E-state index in [1.165, 1.54) is 5.56 Å². The average Bonchev–Trinajstić information content (AvgIpc) is 2.33. The predicted molar refractivity (Wildman–Crippen MR) is 69.9 cm³/mol. The Hall–Kier alpha value is -1.41. The molecule has 0 fully saturated rings. The summed E-state index contributed by atoms with van der Waals surface area (Å²) >= 11 is 0. The molecular formula is C15H19NO. The minimum atomic E-state index is -0.505. The summed E-state index contributed by atoms with van der Waals surface area (Å²) in [7, 11) is 0. The summed E-state index contributed by atoms with van der Waals surface area (Å²) in [5.41, 5.74) is 1.79. The fourth-order valence-electron chi connectivity index (χ4n) is 2.65. The maximum Gasteiger partial charge on any atom is 0.179 e. The van der Waals surface area contributed by atoms with E-state index in [2.05, 4.69) is 24.4 Å². The topological polar surface area (TPSA) is 29.1 Å². The van der Waals surface area contributed by atoms with E-state index >= 15 is 0 Å². The van der Waals surface area contributed by atoms with E-state index in [4.69, 9.17) is 0 Å². The molecule has 2 nitrogen and oxygen atoms in total. The molecule has 1 aromatic carbocycles. The Labute approximate surface area is 103 Å². The molecule has 0 aliphatic heterocycles. The zero-order valence-corrected chi connectivity index (χ0v) is 10.5. The molecule has 0 aromatic heterocycles. The van der Waals surface area contributed by atoms with Gasteiger partial charge in [0.15, 0.2) is 5.78 Å². The van der Waals surface area contributed by atoms with Gasteiger partial charge in [-0.25, -0.2) is 0 Å².